The Morgan fingerprint density at radius 3 is 2.60 bits per heavy atom. The summed E-state index contributed by atoms with van der Waals surface area (Å²) in [4.78, 5) is 11.7. The van der Waals surface area contributed by atoms with Crippen LogP contribution in [0.1, 0.15) is 10.4 Å². The number of benzene rings is 1. The van der Waals surface area contributed by atoms with Crippen LogP contribution < -0.4 is 10.5 Å². The number of nitrogens with two attached hydrogens (primary N) is 1. The van der Waals surface area contributed by atoms with Gasteiger partial charge in [-0.2, -0.15) is 0 Å². The fraction of sp³-hybridized carbons (Fsp3) is 0.300. The van der Waals surface area contributed by atoms with Crippen molar-refractivity contribution in [2.24, 2.45) is 5.14 Å². The molecule has 0 radical (unpaired) electrons. The molecule has 10 heteroatoms. The Kier molecular flexibility index (Phi) is 6.14. The summed E-state index contributed by atoms with van der Waals surface area (Å²) in [6, 6.07) is 2.32. The van der Waals surface area contributed by atoms with E-state index in [1.807, 2.05) is 0 Å². The lowest BCUT2D eigenvalue weighted by Crippen LogP contribution is -2.28. The fourth-order valence-corrected chi connectivity index (χ4v) is 3.06. The first-order valence-electron chi connectivity index (χ1n) is 5.23. The number of primary sulfonamides is 1. The number of hydrogen-bond donors (Lipinski definition) is 2. The quantitative estimate of drug-likeness (QED) is 0.760. The van der Waals surface area contributed by atoms with Crippen LogP contribution in [0.4, 0.5) is 0 Å². The van der Waals surface area contributed by atoms with Crippen LogP contribution in [0.25, 0.3) is 0 Å². The summed E-state index contributed by atoms with van der Waals surface area (Å²) in [5, 5.41) is 7.60. The zero-order chi connectivity index (χ0) is 15.5. The molecule has 1 aromatic rings. The zero-order valence-corrected chi connectivity index (χ0v) is 14.3. The molecule has 0 spiro atoms. The molecule has 0 bridgehead atoms. The second-order valence-corrected chi connectivity index (χ2v) is 8.19. The van der Waals surface area contributed by atoms with Crippen molar-refractivity contribution < 1.29 is 17.4 Å². The summed E-state index contributed by atoms with van der Waals surface area (Å²) in [6.07, 6.45) is 1.51. The van der Waals surface area contributed by atoms with Crippen molar-refractivity contribution in [1.29, 1.82) is 0 Å². The highest BCUT2D eigenvalue weighted by molar-refractivity contribution is 9.10. The van der Waals surface area contributed by atoms with Crippen LogP contribution in [0.2, 0.25) is 5.02 Å². The number of amides is 1. The molecular formula is C10H12BrClN2O4S2. The monoisotopic (exact) mass is 402 g/mol. The molecule has 20 heavy (non-hydrogen) atoms. The minimum atomic E-state index is -3.95. The molecular weight excluding hydrogens is 392 g/mol. The van der Waals surface area contributed by atoms with Crippen molar-refractivity contribution in [3.8, 4) is 0 Å². The number of carbonyl (C=O) groups excluding carboxylic acids is 1. The van der Waals surface area contributed by atoms with E-state index >= 15 is 0 Å². The normalized spacial score (nSPS) is 13.0. The number of sulfonamides is 1. The second-order valence-electron chi connectivity index (χ2n) is 3.84. The van der Waals surface area contributed by atoms with Crippen LogP contribution in [0.5, 0.6) is 0 Å². The van der Waals surface area contributed by atoms with Crippen LogP contribution in [0, 0.1) is 0 Å². The first-order valence-corrected chi connectivity index (χ1v) is 9.67. The van der Waals surface area contributed by atoms with Crippen molar-refractivity contribution >= 4 is 54.3 Å². The van der Waals surface area contributed by atoms with Crippen molar-refractivity contribution in [3.63, 3.8) is 0 Å². The van der Waals surface area contributed by atoms with Gasteiger partial charge in [-0.05, 0) is 28.1 Å². The molecule has 1 atom stereocenters. The lowest BCUT2D eigenvalue weighted by molar-refractivity contribution is 0.0956. The van der Waals surface area contributed by atoms with E-state index in [0.29, 0.717) is 5.75 Å². The lowest BCUT2D eigenvalue weighted by Gasteiger charge is -2.09. The Bertz CT molecular complexity index is 663. The standard InChI is InChI=1S/C10H12BrClN2O4S2/c1-19(16)3-2-14-10(15)7-4-6(20(13,17)18)5-8(11)9(7)12/h4-5H,2-3H2,1H3,(H,14,15)(H2,13,17,18). The van der Waals surface area contributed by atoms with Gasteiger partial charge in [0.05, 0.1) is 15.5 Å². The van der Waals surface area contributed by atoms with Crippen LogP contribution in [0.3, 0.4) is 0 Å². The van der Waals surface area contributed by atoms with Gasteiger partial charge in [-0.15, -0.1) is 0 Å². The van der Waals surface area contributed by atoms with Gasteiger partial charge in [0.15, 0.2) is 0 Å². The Labute approximate surface area is 132 Å². The van der Waals surface area contributed by atoms with E-state index in [-0.39, 0.29) is 26.5 Å². The molecule has 112 valence electrons. The van der Waals surface area contributed by atoms with E-state index in [0.717, 1.165) is 6.07 Å². The largest absolute Gasteiger partial charge is 0.351 e. The van der Waals surface area contributed by atoms with E-state index in [1.165, 1.54) is 12.3 Å². The highest BCUT2D eigenvalue weighted by Crippen LogP contribution is 2.29. The number of carbonyl (C=O) groups is 1. The molecule has 0 aromatic heterocycles. The van der Waals surface area contributed by atoms with Crippen LogP contribution >= 0.6 is 27.5 Å². The predicted octanol–water partition coefficient (Wildman–Crippen LogP) is 0.858. The number of nitrogens with one attached hydrogen (secondary N) is 1. The van der Waals surface area contributed by atoms with E-state index in [2.05, 4.69) is 21.2 Å². The Hall–Kier alpha value is -0.480. The van der Waals surface area contributed by atoms with Gasteiger partial charge in [-0.25, -0.2) is 13.6 Å². The minimum absolute atomic E-state index is 0.0213. The number of rotatable bonds is 5. The molecule has 0 saturated carbocycles. The summed E-state index contributed by atoms with van der Waals surface area (Å²) in [5.41, 5.74) is -0.0213. The van der Waals surface area contributed by atoms with Gasteiger partial charge in [0.2, 0.25) is 10.0 Å². The van der Waals surface area contributed by atoms with Crippen LogP contribution in [-0.4, -0.2) is 37.1 Å². The van der Waals surface area contributed by atoms with Gasteiger partial charge in [-0.3, -0.25) is 9.00 Å². The Morgan fingerprint density at radius 1 is 1.50 bits per heavy atom. The Balaban J connectivity index is 3.08. The third-order valence-corrected chi connectivity index (χ3v) is 5.18. The van der Waals surface area contributed by atoms with Gasteiger partial charge < -0.3 is 5.32 Å². The average molecular weight is 404 g/mol. The molecule has 0 saturated heterocycles. The highest BCUT2D eigenvalue weighted by Gasteiger charge is 2.18. The summed E-state index contributed by atoms with van der Waals surface area (Å²) >= 11 is 9.02. The third-order valence-electron chi connectivity index (χ3n) is 2.25. The molecule has 3 N–H and O–H groups in total. The van der Waals surface area contributed by atoms with Gasteiger partial charge in [0.25, 0.3) is 5.91 Å². The van der Waals surface area contributed by atoms with Gasteiger partial charge >= 0.3 is 0 Å². The molecule has 0 heterocycles. The van der Waals surface area contributed by atoms with Crippen LogP contribution in [0.15, 0.2) is 21.5 Å². The van der Waals surface area contributed by atoms with Gasteiger partial charge in [-0.1, -0.05) is 11.6 Å². The van der Waals surface area contributed by atoms with E-state index < -0.39 is 26.7 Å². The third kappa shape index (κ3) is 4.81. The lowest BCUT2D eigenvalue weighted by atomic mass is 10.2. The Morgan fingerprint density at radius 2 is 2.10 bits per heavy atom. The molecule has 0 aliphatic carbocycles. The number of halogens is 2. The average Bonchev–Trinajstić information content (AvgIpc) is 2.30. The van der Waals surface area contributed by atoms with Crippen LogP contribution in [-0.2, 0) is 20.8 Å². The molecule has 1 aromatic carbocycles. The highest BCUT2D eigenvalue weighted by atomic mass is 79.9. The molecule has 0 aliphatic rings. The maximum Gasteiger partial charge on any atom is 0.252 e. The summed E-state index contributed by atoms with van der Waals surface area (Å²) < 4.78 is 33.8. The van der Waals surface area contributed by atoms with Gasteiger partial charge in [0.1, 0.15) is 0 Å². The molecule has 1 rings (SSSR count). The van der Waals surface area contributed by atoms with Crippen molar-refractivity contribution in [3.05, 3.63) is 27.2 Å². The number of hydrogen-bond acceptors (Lipinski definition) is 4. The zero-order valence-electron chi connectivity index (χ0n) is 10.4. The molecule has 0 fully saturated rings. The van der Waals surface area contributed by atoms with E-state index in [1.54, 1.807) is 0 Å². The van der Waals surface area contributed by atoms with Crippen molar-refractivity contribution in [2.75, 3.05) is 18.6 Å². The predicted molar refractivity (Wildman–Crippen MR) is 81.8 cm³/mol. The van der Waals surface area contributed by atoms with E-state index in [4.69, 9.17) is 16.7 Å². The maximum absolute atomic E-state index is 11.9. The molecule has 6 nitrogen and oxygen atoms in total. The first-order chi connectivity index (χ1) is 9.12. The minimum Gasteiger partial charge on any atom is -0.351 e. The fourth-order valence-electron chi connectivity index (χ4n) is 1.30. The smallest absolute Gasteiger partial charge is 0.252 e. The summed E-state index contributed by atoms with van der Waals surface area (Å²) in [7, 11) is -4.99. The summed E-state index contributed by atoms with van der Waals surface area (Å²) in [5.74, 6) is -0.272. The van der Waals surface area contributed by atoms with Gasteiger partial charge in [0, 0.05) is 33.8 Å². The SMILES string of the molecule is CS(=O)CCNC(=O)c1cc(S(N)(=O)=O)cc(Br)c1Cl. The molecule has 1 amide bonds. The second kappa shape index (κ2) is 6.99. The topological polar surface area (TPSA) is 106 Å². The van der Waals surface area contributed by atoms with Crippen molar-refractivity contribution in [1.82, 2.24) is 5.32 Å². The maximum atomic E-state index is 11.9. The van der Waals surface area contributed by atoms with E-state index in [9.17, 15) is 17.4 Å². The summed E-state index contributed by atoms with van der Waals surface area (Å²) in [6.45, 7) is 0.190. The molecule has 0 aliphatic heterocycles. The molecule has 1 unspecified atom stereocenters. The first kappa shape index (κ1) is 17.6. The van der Waals surface area contributed by atoms with Crippen molar-refractivity contribution in [2.45, 2.75) is 4.90 Å².